The van der Waals surface area contributed by atoms with Crippen LogP contribution in [0.1, 0.15) is 5.56 Å². The Balaban J connectivity index is 2.22. The molecule has 0 bridgehead atoms. The summed E-state index contributed by atoms with van der Waals surface area (Å²) in [6.07, 6.45) is 4.48. The van der Waals surface area contributed by atoms with Crippen LogP contribution in [0.4, 0.5) is 0 Å². The Bertz CT molecular complexity index is 836. The summed E-state index contributed by atoms with van der Waals surface area (Å²) in [6, 6.07) is 8.35. The topological polar surface area (TPSA) is 64.8 Å². The molecule has 0 spiro atoms. The molecule has 2 heterocycles. The van der Waals surface area contributed by atoms with Crippen LogP contribution >= 0.6 is 0 Å². The molecular formula is C13H11N3O2S. The van der Waals surface area contributed by atoms with Crippen LogP contribution in [0.25, 0.3) is 11.2 Å². The summed E-state index contributed by atoms with van der Waals surface area (Å²) in [4.78, 5) is 8.38. The Morgan fingerprint density at radius 2 is 1.68 bits per heavy atom. The first-order valence-corrected chi connectivity index (χ1v) is 7.13. The molecule has 3 rings (SSSR count). The first kappa shape index (κ1) is 11.9. The molecule has 0 amide bonds. The number of aromatic nitrogens is 3. The van der Waals surface area contributed by atoms with E-state index in [-0.39, 0.29) is 4.90 Å². The number of rotatable bonds is 2. The van der Waals surface area contributed by atoms with E-state index in [9.17, 15) is 8.42 Å². The van der Waals surface area contributed by atoms with Crippen molar-refractivity contribution in [1.29, 1.82) is 0 Å². The van der Waals surface area contributed by atoms with Crippen molar-refractivity contribution in [3.63, 3.8) is 0 Å². The maximum absolute atomic E-state index is 12.5. The Labute approximate surface area is 110 Å². The molecule has 2 aromatic heterocycles. The van der Waals surface area contributed by atoms with Crippen molar-refractivity contribution >= 4 is 21.2 Å². The van der Waals surface area contributed by atoms with Crippen LogP contribution in [0.2, 0.25) is 0 Å². The highest BCUT2D eigenvalue weighted by molar-refractivity contribution is 7.90. The molecular weight excluding hydrogens is 262 g/mol. The lowest BCUT2D eigenvalue weighted by Gasteiger charge is -2.06. The van der Waals surface area contributed by atoms with Crippen LogP contribution in [0.5, 0.6) is 0 Å². The summed E-state index contributed by atoms with van der Waals surface area (Å²) < 4.78 is 26.2. The second-order valence-electron chi connectivity index (χ2n) is 4.19. The smallest absolute Gasteiger partial charge is 0.251 e. The van der Waals surface area contributed by atoms with E-state index in [1.165, 1.54) is 18.6 Å². The zero-order chi connectivity index (χ0) is 13.5. The molecule has 0 unspecified atom stereocenters. The average molecular weight is 273 g/mol. The van der Waals surface area contributed by atoms with Crippen LogP contribution < -0.4 is 0 Å². The van der Waals surface area contributed by atoms with Crippen molar-refractivity contribution in [2.45, 2.75) is 11.8 Å². The molecule has 0 aliphatic rings. The van der Waals surface area contributed by atoms with Gasteiger partial charge in [-0.05, 0) is 25.1 Å². The van der Waals surface area contributed by atoms with E-state index in [1.807, 2.05) is 6.92 Å². The van der Waals surface area contributed by atoms with E-state index in [0.29, 0.717) is 11.2 Å². The summed E-state index contributed by atoms with van der Waals surface area (Å²) in [5, 5.41) is 0. The molecule has 3 aromatic rings. The third-order valence-electron chi connectivity index (χ3n) is 2.86. The number of hydrogen-bond donors (Lipinski definition) is 0. The predicted octanol–water partition coefficient (Wildman–Crippen LogP) is 1.98. The average Bonchev–Trinajstić information content (AvgIpc) is 2.83. The minimum absolute atomic E-state index is 0.237. The van der Waals surface area contributed by atoms with E-state index >= 15 is 0 Å². The molecule has 0 aliphatic carbocycles. The van der Waals surface area contributed by atoms with Gasteiger partial charge in [0, 0.05) is 18.6 Å². The lowest BCUT2D eigenvalue weighted by Crippen LogP contribution is -2.12. The van der Waals surface area contributed by atoms with Gasteiger partial charge in [-0.25, -0.2) is 17.4 Å². The van der Waals surface area contributed by atoms with E-state index in [1.54, 1.807) is 30.3 Å². The zero-order valence-electron chi connectivity index (χ0n) is 10.2. The highest BCUT2D eigenvalue weighted by Crippen LogP contribution is 2.19. The first-order valence-electron chi connectivity index (χ1n) is 5.69. The van der Waals surface area contributed by atoms with Crippen molar-refractivity contribution in [2.75, 3.05) is 0 Å². The van der Waals surface area contributed by atoms with E-state index in [0.717, 1.165) is 9.54 Å². The van der Waals surface area contributed by atoms with Gasteiger partial charge in [-0.2, -0.15) is 0 Å². The van der Waals surface area contributed by atoms with Crippen molar-refractivity contribution in [2.24, 2.45) is 0 Å². The molecule has 6 heteroatoms. The maximum atomic E-state index is 12.5. The van der Waals surface area contributed by atoms with Crippen LogP contribution in [0.15, 0.2) is 53.8 Å². The number of aryl methyl sites for hydroxylation is 1. The van der Waals surface area contributed by atoms with Crippen molar-refractivity contribution in [3.05, 3.63) is 54.5 Å². The van der Waals surface area contributed by atoms with Crippen LogP contribution in [0.3, 0.4) is 0 Å². The third-order valence-corrected chi connectivity index (χ3v) is 4.54. The minimum Gasteiger partial charge on any atom is -0.251 e. The van der Waals surface area contributed by atoms with Gasteiger partial charge >= 0.3 is 0 Å². The summed E-state index contributed by atoms with van der Waals surface area (Å²) >= 11 is 0. The van der Waals surface area contributed by atoms with Gasteiger partial charge in [0.25, 0.3) is 10.0 Å². The fourth-order valence-electron chi connectivity index (χ4n) is 1.86. The quantitative estimate of drug-likeness (QED) is 0.716. The number of fused-ring (bicyclic) bond motifs is 1. The molecule has 0 saturated carbocycles. The van der Waals surface area contributed by atoms with Crippen LogP contribution in [0, 0.1) is 6.92 Å². The maximum Gasteiger partial charge on any atom is 0.269 e. The monoisotopic (exact) mass is 273 g/mol. The molecule has 0 aliphatic heterocycles. The normalized spacial score (nSPS) is 11.8. The molecule has 0 saturated heterocycles. The number of benzene rings is 1. The molecule has 0 radical (unpaired) electrons. The Kier molecular flexibility index (Phi) is 2.60. The van der Waals surface area contributed by atoms with E-state index < -0.39 is 10.0 Å². The van der Waals surface area contributed by atoms with E-state index in [4.69, 9.17) is 0 Å². The van der Waals surface area contributed by atoms with Crippen molar-refractivity contribution < 1.29 is 8.42 Å². The number of nitrogens with zero attached hydrogens (tertiary/aromatic N) is 3. The fourth-order valence-corrected chi connectivity index (χ4v) is 3.15. The summed E-state index contributed by atoms with van der Waals surface area (Å²) in [6.45, 7) is 1.91. The summed E-state index contributed by atoms with van der Waals surface area (Å²) in [5.41, 5.74) is 1.90. The second kappa shape index (κ2) is 4.17. The fraction of sp³-hybridized carbons (Fsp3) is 0.0769. The summed E-state index contributed by atoms with van der Waals surface area (Å²) in [7, 11) is -3.62. The Hall–Kier alpha value is -2.21. The third kappa shape index (κ3) is 1.90. The van der Waals surface area contributed by atoms with Crippen LogP contribution in [-0.2, 0) is 10.0 Å². The van der Waals surface area contributed by atoms with Gasteiger partial charge in [0.05, 0.1) is 4.90 Å². The highest BCUT2D eigenvalue weighted by Gasteiger charge is 2.19. The predicted molar refractivity (Wildman–Crippen MR) is 71.3 cm³/mol. The van der Waals surface area contributed by atoms with Crippen molar-refractivity contribution in [3.8, 4) is 0 Å². The molecule has 5 nitrogen and oxygen atoms in total. The van der Waals surface area contributed by atoms with Gasteiger partial charge in [-0.3, -0.25) is 4.98 Å². The SMILES string of the molecule is Cc1ccc(S(=O)(=O)n2ccc3nccnc32)cc1. The first-order chi connectivity index (χ1) is 9.09. The summed E-state index contributed by atoms with van der Waals surface area (Å²) in [5.74, 6) is 0. The lowest BCUT2D eigenvalue weighted by atomic mass is 10.2. The lowest BCUT2D eigenvalue weighted by molar-refractivity contribution is 0.588. The van der Waals surface area contributed by atoms with E-state index in [2.05, 4.69) is 9.97 Å². The van der Waals surface area contributed by atoms with Crippen LogP contribution in [-0.4, -0.2) is 22.4 Å². The largest absolute Gasteiger partial charge is 0.269 e. The zero-order valence-corrected chi connectivity index (χ0v) is 11.0. The molecule has 1 aromatic carbocycles. The molecule has 0 N–H and O–H groups in total. The molecule has 0 fully saturated rings. The molecule has 96 valence electrons. The van der Waals surface area contributed by atoms with Gasteiger partial charge in [-0.1, -0.05) is 17.7 Å². The Morgan fingerprint density at radius 3 is 2.42 bits per heavy atom. The molecule has 0 atom stereocenters. The second-order valence-corrected chi connectivity index (χ2v) is 6.01. The van der Waals surface area contributed by atoms with Gasteiger partial charge < -0.3 is 0 Å². The van der Waals surface area contributed by atoms with Gasteiger partial charge in [-0.15, -0.1) is 0 Å². The van der Waals surface area contributed by atoms with Gasteiger partial charge in [0.1, 0.15) is 5.52 Å². The minimum atomic E-state index is -3.62. The molecule has 19 heavy (non-hydrogen) atoms. The van der Waals surface area contributed by atoms with Gasteiger partial charge in [0.2, 0.25) is 0 Å². The highest BCUT2D eigenvalue weighted by atomic mass is 32.2. The number of hydrogen-bond acceptors (Lipinski definition) is 4. The standard InChI is InChI=1S/C13H11N3O2S/c1-10-2-4-11(5-3-10)19(17,18)16-9-6-12-13(16)15-8-7-14-12/h2-9H,1H3. The van der Waals surface area contributed by atoms with Crippen molar-refractivity contribution in [1.82, 2.24) is 13.9 Å². The Morgan fingerprint density at radius 1 is 1.00 bits per heavy atom. The van der Waals surface area contributed by atoms with Gasteiger partial charge in [0.15, 0.2) is 5.65 Å².